The van der Waals surface area contributed by atoms with Crippen LogP contribution in [-0.2, 0) is 4.79 Å². The number of rotatable bonds is 1. The molecule has 0 radical (unpaired) electrons. The number of hydrogen-bond donors (Lipinski definition) is 2. The average Bonchev–Trinajstić information content (AvgIpc) is 1.38. The monoisotopic (exact) mass is 189 g/mol. The van der Waals surface area contributed by atoms with Gasteiger partial charge in [0.15, 0.2) is 0 Å². The van der Waals surface area contributed by atoms with Gasteiger partial charge in [0.1, 0.15) is 0 Å². The standard InChI is InChI=1S/C2H5NO2.ClH.K.Na.H2O/c3-1-2(4)5;;;;/h1,3H2,(H,4,5);1H;;;1H2/q;;2*+1;/p-2. The van der Waals surface area contributed by atoms with Crippen molar-refractivity contribution in [3.8, 4) is 0 Å². The minimum atomic E-state index is -0.968. The number of carboxylic acids is 1. The van der Waals surface area contributed by atoms with E-state index in [2.05, 4.69) is 5.73 Å². The van der Waals surface area contributed by atoms with E-state index >= 15 is 0 Å². The Labute approximate surface area is 124 Å². The van der Waals surface area contributed by atoms with Gasteiger partial charge in [0.25, 0.3) is 0 Å². The van der Waals surface area contributed by atoms with Gasteiger partial charge in [0.2, 0.25) is 0 Å². The fourth-order valence-electron chi connectivity index (χ4n) is 0. The Morgan fingerprint density at radius 3 is 1.67 bits per heavy atom. The fourth-order valence-corrected chi connectivity index (χ4v) is 0. The first-order chi connectivity index (χ1) is 2.27. The third-order valence-electron chi connectivity index (χ3n) is 0.175. The van der Waals surface area contributed by atoms with E-state index in [1.54, 1.807) is 0 Å². The Bertz CT molecular complexity index is 57.1. The number of hydrogen-bond acceptors (Lipinski definition) is 3. The second-order valence-corrected chi connectivity index (χ2v) is 0.598. The summed E-state index contributed by atoms with van der Waals surface area (Å²) in [5, 5.41) is 7.60. The first kappa shape index (κ1) is 30.2. The van der Waals surface area contributed by atoms with Crippen molar-refractivity contribution < 1.29 is 109 Å². The van der Waals surface area contributed by atoms with E-state index in [-0.39, 0.29) is 105 Å². The molecule has 0 saturated heterocycles. The third kappa shape index (κ3) is 38.3. The number of nitrogens with two attached hydrogens (primary N) is 1. The van der Waals surface area contributed by atoms with E-state index < -0.39 is 5.97 Å². The van der Waals surface area contributed by atoms with Crippen LogP contribution in [0.2, 0.25) is 0 Å². The molecule has 0 aliphatic carbocycles. The van der Waals surface area contributed by atoms with Gasteiger partial charge < -0.3 is 28.7 Å². The van der Waals surface area contributed by atoms with E-state index in [4.69, 9.17) is 5.11 Å². The minimum absolute atomic E-state index is 0. The van der Waals surface area contributed by atoms with Crippen molar-refractivity contribution in [1.82, 2.24) is 0 Å². The molecule has 0 aromatic rings. The fraction of sp³-hybridized carbons (Fsp3) is 0.500. The molecule has 4 N–H and O–H groups in total. The van der Waals surface area contributed by atoms with Crippen molar-refractivity contribution in [2.75, 3.05) is 6.54 Å². The second-order valence-electron chi connectivity index (χ2n) is 0.598. The zero-order valence-electron chi connectivity index (χ0n) is 5.47. The maximum atomic E-state index is 9.24. The van der Waals surface area contributed by atoms with E-state index in [9.17, 15) is 4.79 Å². The Hall–Kier alpha value is 2.32. The Morgan fingerprint density at radius 2 is 1.67 bits per heavy atom. The SMILES string of the molecule is NCC(=O)O.[Cl-].[K+].[Na+].[OH-]. The summed E-state index contributed by atoms with van der Waals surface area (Å²) < 4.78 is 0. The molecule has 0 aliphatic rings. The minimum Gasteiger partial charge on any atom is -1.00 e. The predicted molar refractivity (Wildman–Crippen MR) is 18.6 cm³/mol. The summed E-state index contributed by atoms with van der Waals surface area (Å²) in [6, 6.07) is 0. The predicted octanol–water partition coefficient (Wildman–Crippen LogP) is -10.1. The molecule has 0 aromatic heterocycles. The van der Waals surface area contributed by atoms with E-state index in [1.807, 2.05) is 0 Å². The number of halogens is 1. The van der Waals surface area contributed by atoms with Gasteiger partial charge >= 0.3 is 86.9 Å². The Morgan fingerprint density at radius 1 is 1.56 bits per heavy atom. The molecule has 4 nitrogen and oxygen atoms in total. The molecular formula is C2H6ClKNNaO3. The molecule has 0 unspecified atom stereocenters. The van der Waals surface area contributed by atoms with E-state index in [1.165, 1.54) is 0 Å². The van der Waals surface area contributed by atoms with Gasteiger partial charge in [-0.15, -0.1) is 0 Å². The van der Waals surface area contributed by atoms with Gasteiger partial charge in [0.05, 0.1) is 6.54 Å². The van der Waals surface area contributed by atoms with Crippen LogP contribution in [0, 0.1) is 0 Å². The average molecular weight is 190 g/mol. The molecule has 0 rings (SSSR count). The van der Waals surface area contributed by atoms with Gasteiger partial charge in [-0.1, -0.05) is 0 Å². The smallest absolute Gasteiger partial charge is 1.00 e. The Kier molecular flexibility index (Phi) is 75.3. The quantitative estimate of drug-likeness (QED) is 0.401. The number of carboxylic acid groups (broad SMARTS) is 1. The van der Waals surface area contributed by atoms with Crippen molar-refractivity contribution in [3.63, 3.8) is 0 Å². The van der Waals surface area contributed by atoms with Crippen molar-refractivity contribution in [2.45, 2.75) is 0 Å². The van der Waals surface area contributed by atoms with Gasteiger partial charge in [-0.3, -0.25) is 4.79 Å². The van der Waals surface area contributed by atoms with Crippen molar-refractivity contribution in [2.24, 2.45) is 5.73 Å². The van der Waals surface area contributed by atoms with Crippen LogP contribution in [0.4, 0.5) is 0 Å². The van der Waals surface area contributed by atoms with Crippen molar-refractivity contribution >= 4 is 5.97 Å². The summed E-state index contributed by atoms with van der Waals surface area (Å²) in [6.45, 7) is -0.278. The first-order valence-corrected chi connectivity index (χ1v) is 1.19. The van der Waals surface area contributed by atoms with Crippen LogP contribution in [0.5, 0.6) is 0 Å². The molecule has 0 bridgehead atoms. The summed E-state index contributed by atoms with van der Waals surface area (Å²) in [4.78, 5) is 9.24. The van der Waals surface area contributed by atoms with Gasteiger partial charge in [0, 0.05) is 0 Å². The number of carbonyl (C=O) groups is 1. The van der Waals surface area contributed by atoms with Crippen LogP contribution in [0.25, 0.3) is 0 Å². The van der Waals surface area contributed by atoms with Crippen molar-refractivity contribution in [1.29, 1.82) is 0 Å². The normalized spacial score (nSPS) is 4.11. The summed E-state index contributed by atoms with van der Waals surface area (Å²) in [7, 11) is 0. The topological polar surface area (TPSA) is 93.3 Å². The molecule has 0 heterocycles. The van der Waals surface area contributed by atoms with Crippen molar-refractivity contribution in [3.05, 3.63) is 0 Å². The second kappa shape index (κ2) is 22.4. The molecule has 46 valence electrons. The molecule has 0 spiro atoms. The third-order valence-corrected chi connectivity index (χ3v) is 0.175. The molecule has 0 amide bonds. The molecule has 7 heteroatoms. The zero-order chi connectivity index (χ0) is 4.28. The molecule has 0 saturated carbocycles. The molecule has 0 atom stereocenters. The molecule has 0 aliphatic heterocycles. The molecule has 9 heavy (non-hydrogen) atoms. The summed E-state index contributed by atoms with van der Waals surface area (Å²) in [6.07, 6.45) is 0. The molecular weight excluding hydrogens is 184 g/mol. The first-order valence-electron chi connectivity index (χ1n) is 1.19. The van der Waals surface area contributed by atoms with Crippen LogP contribution >= 0.6 is 0 Å². The molecule has 0 fully saturated rings. The van der Waals surface area contributed by atoms with Gasteiger partial charge in [-0.2, -0.15) is 0 Å². The maximum absolute atomic E-state index is 9.24. The Balaban J connectivity index is -0.0000000133. The van der Waals surface area contributed by atoms with Gasteiger partial charge in [-0.05, 0) is 0 Å². The summed E-state index contributed by atoms with van der Waals surface area (Å²) in [5.74, 6) is -0.968. The number of aliphatic carboxylic acids is 1. The zero-order valence-corrected chi connectivity index (χ0v) is 11.3. The summed E-state index contributed by atoms with van der Waals surface area (Å²) in [5.41, 5.74) is 4.57. The van der Waals surface area contributed by atoms with Crippen LogP contribution in [0.3, 0.4) is 0 Å². The molecule has 0 aromatic carbocycles. The largest absolute Gasteiger partial charge is 1.00 e. The van der Waals surface area contributed by atoms with Crippen LogP contribution in [-0.4, -0.2) is 23.1 Å². The van der Waals surface area contributed by atoms with E-state index in [0.29, 0.717) is 0 Å². The van der Waals surface area contributed by atoms with Crippen LogP contribution in [0.1, 0.15) is 0 Å². The van der Waals surface area contributed by atoms with Crippen LogP contribution < -0.4 is 99.1 Å². The van der Waals surface area contributed by atoms with E-state index in [0.717, 1.165) is 0 Å². The maximum Gasteiger partial charge on any atom is 1.00 e. The van der Waals surface area contributed by atoms with Crippen LogP contribution in [0.15, 0.2) is 0 Å². The van der Waals surface area contributed by atoms with Gasteiger partial charge in [-0.25, -0.2) is 0 Å². The summed E-state index contributed by atoms with van der Waals surface area (Å²) >= 11 is 0.